The number of rotatable bonds is 6. The number of halogens is 3. The number of imidazole rings is 1. The molecule has 1 aliphatic rings. The summed E-state index contributed by atoms with van der Waals surface area (Å²) < 4.78 is 41.1. The van der Waals surface area contributed by atoms with Gasteiger partial charge in [0.2, 0.25) is 5.91 Å². The number of hydrogen-bond acceptors (Lipinski definition) is 4. The van der Waals surface area contributed by atoms with Crippen molar-refractivity contribution in [2.45, 2.75) is 18.8 Å². The summed E-state index contributed by atoms with van der Waals surface area (Å²) in [6.45, 7) is 0.414. The number of piperazine rings is 1. The molecule has 6 nitrogen and oxygen atoms in total. The minimum atomic E-state index is -4.45. The van der Waals surface area contributed by atoms with Crippen LogP contribution in [0, 0.1) is 0 Å². The number of nitrogens with one attached hydrogen (secondary N) is 1. The fourth-order valence-corrected chi connectivity index (χ4v) is 3.41. The molecule has 2 heterocycles. The molecule has 0 bridgehead atoms. The number of aryl methyl sites for hydroxylation is 1. The molecule has 1 aromatic carbocycles. The zero-order chi connectivity index (χ0) is 20.1. The Morgan fingerprint density at radius 1 is 1.32 bits per heavy atom. The van der Waals surface area contributed by atoms with Gasteiger partial charge in [-0.25, -0.2) is 4.98 Å². The number of hydrogen-bond donors (Lipinski definition) is 1. The third kappa shape index (κ3) is 5.32. The first kappa shape index (κ1) is 20.3. The topological polar surface area (TPSA) is 53.4 Å². The van der Waals surface area contributed by atoms with Crippen LogP contribution >= 0.6 is 0 Å². The average molecular weight is 395 g/mol. The smallest absolute Gasteiger partial charge is 0.337 e. The largest absolute Gasteiger partial charge is 0.406 e. The van der Waals surface area contributed by atoms with Crippen molar-refractivity contribution < 1.29 is 18.0 Å². The molecule has 0 aliphatic carbocycles. The molecule has 0 saturated carbocycles. The van der Waals surface area contributed by atoms with Gasteiger partial charge < -0.3 is 14.8 Å². The van der Waals surface area contributed by atoms with Crippen LogP contribution in [0.4, 0.5) is 13.2 Å². The van der Waals surface area contributed by atoms with E-state index in [1.165, 1.54) is 0 Å². The van der Waals surface area contributed by atoms with Gasteiger partial charge in [-0.15, -0.1) is 0 Å². The van der Waals surface area contributed by atoms with Gasteiger partial charge in [0.05, 0.1) is 12.6 Å². The van der Waals surface area contributed by atoms with Crippen LogP contribution in [0.2, 0.25) is 0 Å². The van der Waals surface area contributed by atoms with Crippen LogP contribution < -0.4 is 5.32 Å². The average Bonchev–Trinajstić information content (AvgIpc) is 3.07. The first-order valence-electron chi connectivity index (χ1n) is 9.14. The molecule has 1 aliphatic heterocycles. The van der Waals surface area contributed by atoms with Gasteiger partial charge in [-0.3, -0.25) is 9.69 Å². The van der Waals surface area contributed by atoms with Crippen molar-refractivity contribution in [3.8, 4) is 0 Å². The summed E-state index contributed by atoms with van der Waals surface area (Å²) in [7, 11) is 1.86. The second-order valence-electron chi connectivity index (χ2n) is 6.94. The number of carbonyl (C=O) groups excluding carboxylic acids is 1. The molecule has 1 fully saturated rings. The van der Waals surface area contributed by atoms with Crippen molar-refractivity contribution in [1.82, 2.24) is 24.7 Å². The Hall–Kier alpha value is -2.39. The standard InChI is InChI=1S/C19H24F3N5O/c1-25-9-8-24-18(25)16-11-23-7-10-26(16)13-17(28)27(14-19(20,21)22)12-15-5-3-2-4-6-15/h2-6,8-9,16,23H,7,10-14H2,1H3. The maximum absolute atomic E-state index is 13.1. The molecule has 3 rings (SSSR count). The van der Waals surface area contributed by atoms with Crippen molar-refractivity contribution in [3.05, 3.63) is 54.1 Å². The van der Waals surface area contributed by atoms with Crippen molar-refractivity contribution in [3.63, 3.8) is 0 Å². The Morgan fingerprint density at radius 3 is 2.71 bits per heavy atom. The zero-order valence-electron chi connectivity index (χ0n) is 15.7. The predicted molar refractivity (Wildman–Crippen MR) is 98.3 cm³/mol. The van der Waals surface area contributed by atoms with E-state index in [1.54, 1.807) is 36.5 Å². The first-order chi connectivity index (χ1) is 13.3. The van der Waals surface area contributed by atoms with E-state index in [9.17, 15) is 18.0 Å². The summed E-state index contributed by atoms with van der Waals surface area (Å²) in [6.07, 6.45) is -0.961. The van der Waals surface area contributed by atoms with Gasteiger partial charge in [-0.05, 0) is 5.56 Å². The van der Waals surface area contributed by atoms with Gasteiger partial charge in [0.25, 0.3) is 0 Å². The lowest BCUT2D eigenvalue weighted by molar-refractivity contribution is -0.163. The van der Waals surface area contributed by atoms with Gasteiger partial charge in [0.1, 0.15) is 12.4 Å². The Balaban J connectivity index is 1.74. The fourth-order valence-electron chi connectivity index (χ4n) is 3.41. The molecular formula is C19H24F3N5O. The second-order valence-corrected chi connectivity index (χ2v) is 6.94. The van der Waals surface area contributed by atoms with E-state index in [4.69, 9.17) is 0 Å². The highest BCUT2D eigenvalue weighted by atomic mass is 19.4. The number of amides is 1. The summed E-state index contributed by atoms with van der Waals surface area (Å²) in [5.41, 5.74) is 0.668. The lowest BCUT2D eigenvalue weighted by atomic mass is 10.1. The summed E-state index contributed by atoms with van der Waals surface area (Å²) in [4.78, 5) is 20.0. The number of nitrogens with zero attached hydrogens (tertiary/aromatic N) is 4. The lowest BCUT2D eigenvalue weighted by Crippen LogP contribution is -2.51. The van der Waals surface area contributed by atoms with E-state index in [0.29, 0.717) is 25.2 Å². The van der Waals surface area contributed by atoms with Gasteiger partial charge >= 0.3 is 6.18 Å². The molecule has 152 valence electrons. The van der Waals surface area contributed by atoms with Crippen LogP contribution in [0.3, 0.4) is 0 Å². The molecule has 1 unspecified atom stereocenters. The Labute approximate surface area is 161 Å². The lowest BCUT2D eigenvalue weighted by Gasteiger charge is -2.36. The van der Waals surface area contributed by atoms with Crippen LogP contribution in [0.15, 0.2) is 42.7 Å². The Kier molecular flexibility index (Phi) is 6.35. The minimum absolute atomic E-state index is 0.0711. The monoisotopic (exact) mass is 395 g/mol. The second kappa shape index (κ2) is 8.74. The first-order valence-corrected chi connectivity index (χ1v) is 9.14. The number of aromatic nitrogens is 2. The van der Waals surface area contributed by atoms with E-state index >= 15 is 0 Å². The molecule has 1 atom stereocenters. The van der Waals surface area contributed by atoms with Gasteiger partial charge in [-0.1, -0.05) is 30.3 Å². The van der Waals surface area contributed by atoms with Crippen LogP contribution in [0.1, 0.15) is 17.4 Å². The third-order valence-corrected chi connectivity index (χ3v) is 4.79. The Morgan fingerprint density at radius 2 is 2.07 bits per heavy atom. The van der Waals surface area contributed by atoms with E-state index in [0.717, 1.165) is 10.7 Å². The van der Waals surface area contributed by atoms with Crippen molar-refractivity contribution in [1.29, 1.82) is 0 Å². The molecule has 28 heavy (non-hydrogen) atoms. The SMILES string of the molecule is Cn1ccnc1C1CNCCN1CC(=O)N(Cc1ccccc1)CC(F)(F)F. The molecular weight excluding hydrogens is 371 g/mol. The van der Waals surface area contributed by atoms with Gasteiger partial charge in [0.15, 0.2) is 0 Å². The quantitative estimate of drug-likeness (QED) is 0.813. The molecule has 0 radical (unpaired) electrons. The molecule has 9 heteroatoms. The fraction of sp³-hybridized carbons (Fsp3) is 0.474. The van der Waals surface area contributed by atoms with Gasteiger partial charge in [-0.2, -0.15) is 13.2 Å². The highest BCUT2D eigenvalue weighted by molar-refractivity contribution is 5.78. The van der Waals surface area contributed by atoms with E-state index in [2.05, 4.69) is 10.3 Å². The highest BCUT2D eigenvalue weighted by Gasteiger charge is 2.35. The third-order valence-electron chi connectivity index (χ3n) is 4.79. The molecule has 2 aromatic rings. The number of alkyl halides is 3. The van der Waals surface area contributed by atoms with Crippen molar-refractivity contribution in [2.24, 2.45) is 7.05 Å². The molecule has 1 N–H and O–H groups in total. The van der Waals surface area contributed by atoms with Crippen molar-refractivity contribution in [2.75, 3.05) is 32.7 Å². The van der Waals surface area contributed by atoms with E-state index < -0.39 is 18.6 Å². The minimum Gasteiger partial charge on any atom is -0.337 e. The Bertz CT molecular complexity index is 777. The van der Waals surface area contributed by atoms with Crippen LogP contribution in [-0.2, 0) is 18.4 Å². The molecule has 1 saturated heterocycles. The molecule has 1 aromatic heterocycles. The van der Waals surface area contributed by atoms with Crippen LogP contribution in [0.25, 0.3) is 0 Å². The number of carbonyl (C=O) groups is 1. The van der Waals surface area contributed by atoms with E-state index in [-0.39, 0.29) is 19.1 Å². The normalized spacial score (nSPS) is 18.2. The summed E-state index contributed by atoms with van der Waals surface area (Å²) in [5, 5.41) is 3.26. The molecule has 0 spiro atoms. The molecule has 1 amide bonds. The maximum Gasteiger partial charge on any atom is 0.406 e. The number of benzene rings is 1. The van der Waals surface area contributed by atoms with Crippen LogP contribution in [-0.4, -0.2) is 64.2 Å². The highest BCUT2D eigenvalue weighted by Crippen LogP contribution is 2.22. The van der Waals surface area contributed by atoms with Crippen molar-refractivity contribution >= 4 is 5.91 Å². The van der Waals surface area contributed by atoms with E-state index in [1.807, 2.05) is 22.7 Å². The van der Waals surface area contributed by atoms with Crippen LogP contribution in [0.5, 0.6) is 0 Å². The summed E-state index contributed by atoms with van der Waals surface area (Å²) in [6, 6.07) is 8.56. The zero-order valence-corrected chi connectivity index (χ0v) is 15.7. The maximum atomic E-state index is 13.1. The summed E-state index contributed by atoms with van der Waals surface area (Å²) in [5.74, 6) is 0.243. The predicted octanol–water partition coefficient (Wildman–Crippen LogP) is 1.96. The van der Waals surface area contributed by atoms with Gasteiger partial charge in [0, 0.05) is 45.6 Å². The summed E-state index contributed by atoms with van der Waals surface area (Å²) >= 11 is 0.